The number of para-hydroxylation sites is 1. The molecule has 2 aromatic rings. The number of amides is 2. The van der Waals surface area contributed by atoms with E-state index in [-0.39, 0.29) is 10.6 Å². The third-order valence-electron chi connectivity index (χ3n) is 3.80. The lowest BCUT2D eigenvalue weighted by Gasteiger charge is -2.44. The highest BCUT2D eigenvalue weighted by atomic mass is 32.2. The number of anilines is 1. The van der Waals surface area contributed by atoms with Crippen molar-refractivity contribution in [2.45, 2.75) is 18.0 Å². The monoisotopic (exact) mass is 364 g/mol. The summed E-state index contributed by atoms with van der Waals surface area (Å²) in [5.74, 6) is 0. The molecule has 0 bridgehead atoms. The van der Waals surface area contributed by atoms with Crippen LogP contribution in [-0.2, 0) is 4.87 Å². The largest absolute Gasteiger partial charge is 0.425 e. The van der Waals surface area contributed by atoms with Crippen LogP contribution in [0.3, 0.4) is 0 Å². The molecule has 1 N–H and O–H groups in total. The minimum Gasteiger partial charge on any atom is -0.311 e. The van der Waals surface area contributed by atoms with Crippen LogP contribution in [0, 0.1) is 0 Å². The Kier molecular flexibility index (Phi) is 4.51. The molecule has 1 aliphatic heterocycles. The second kappa shape index (κ2) is 6.48. The van der Waals surface area contributed by atoms with E-state index in [4.69, 9.17) is 0 Å². The Morgan fingerprint density at radius 3 is 2.12 bits per heavy atom. The fourth-order valence-corrected chi connectivity index (χ4v) is 3.86. The van der Waals surface area contributed by atoms with Crippen LogP contribution in [0.1, 0.15) is 12.5 Å². The zero-order chi connectivity index (χ0) is 18.1. The molecule has 3 nitrogen and oxygen atoms in total. The number of rotatable bonds is 2. The summed E-state index contributed by atoms with van der Waals surface area (Å²) in [5.41, 5.74) is 0.484. The van der Waals surface area contributed by atoms with Gasteiger partial charge in [0.1, 0.15) is 0 Å². The summed E-state index contributed by atoms with van der Waals surface area (Å²) in [5, 5.41) is 2.40. The first kappa shape index (κ1) is 17.4. The van der Waals surface area contributed by atoms with Crippen LogP contribution in [0.25, 0.3) is 0 Å². The van der Waals surface area contributed by atoms with Crippen LogP contribution >= 0.6 is 11.8 Å². The van der Waals surface area contributed by atoms with Crippen molar-refractivity contribution >= 4 is 23.5 Å². The number of nitrogens with one attached hydrogen (secondary N) is 1. The van der Waals surface area contributed by atoms with Crippen molar-refractivity contribution in [3.63, 3.8) is 0 Å². The summed E-state index contributed by atoms with van der Waals surface area (Å²) in [4.78, 5) is 11.4. The summed E-state index contributed by atoms with van der Waals surface area (Å²) in [6.07, 6.45) is -3.16. The molecular weight excluding hydrogens is 349 g/mol. The highest BCUT2D eigenvalue weighted by Gasteiger charge is 2.61. The number of benzene rings is 2. The van der Waals surface area contributed by atoms with Gasteiger partial charge >= 0.3 is 12.2 Å². The third kappa shape index (κ3) is 3.00. The van der Waals surface area contributed by atoms with Crippen LogP contribution in [0.5, 0.6) is 0 Å². The van der Waals surface area contributed by atoms with Crippen LogP contribution in [0.15, 0.2) is 71.8 Å². The number of urea groups is 1. The zero-order valence-electron chi connectivity index (χ0n) is 13.2. The highest BCUT2D eigenvalue weighted by molar-refractivity contribution is 8.04. The van der Waals surface area contributed by atoms with Gasteiger partial charge in [-0.3, -0.25) is 4.90 Å². The van der Waals surface area contributed by atoms with Crippen LogP contribution in [-0.4, -0.2) is 12.2 Å². The van der Waals surface area contributed by atoms with Gasteiger partial charge in [-0.1, -0.05) is 66.4 Å². The lowest BCUT2D eigenvalue weighted by Crippen LogP contribution is -2.60. The van der Waals surface area contributed by atoms with E-state index >= 15 is 0 Å². The molecule has 130 valence electrons. The first-order chi connectivity index (χ1) is 11.9. The molecule has 0 aromatic heterocycles. The number of alkyl halides is 3. The first-order valence-corrected chi connectivity index (χ1v) is 8.35. The lowest BCUT2D eigenvalue weighted by molar-refractivity contribution is -0.167. The number of thioether (sulfide) groups is 1. The second-order valence-electron chi connectivity index (χ2n) is 5.38. The molecule has 0 aliphatic carbocycles. The van der Waals surface area contributed by atoms with Crippen LogP contribution in [0.4, 0.5) is 23.7 Å². The summed E-state index contributed by atoms with van der Waals surface area (Å²) in [6, 6.07) is 15.2. The number of halogens is 3. The maximum atomic E-state index is 14.0. The van der Waals surface area contributed by atoms with Crippen molar-refractivity contribution in [1.29, 1.82) is 0 Å². The van der Waals surface area contributed by atoms with E-state index in [0.717, 1.165) is 0 Å². The second-order valence-corrected chi connectivity index (χ2v) is 6.61. The van der Waals surface area contributed by atoms with Gasteiger partial charge in [-0.15, -0.1) is 0 Å². The van der Waals surface area contributed by atoms with Crippen molar-refractivity contribution in [3.8, 4) is 0 Å². The van der Waals surface area contributed by atoms with E-state index in [1.54, 1.807) is 43.3 Å². The molecule has 7 heteroatoms. The lowest BCUT2D eigenvalue weighted by atomic mass is 10.1. The summed E-state index contributed by atoms with van der Waals surface area (Å²) < 4.78 is 42.0. The highest BCUT2D eigenvalue weighted by Crippen LogP contribution is 2.53. The number of carbonyl (C=O) groups excluding carboxylic acids is 1. The van der Waals surface area contributed by atoms with Gasteiger partial charge in [0, 0.05) is 0 Å². The number of hydrogen-bond donors (Lipinski definition) is 1. The van der Waals surface area contributed by atoms with Crippen molar-refractivity contribution < 1.29 is 18.0 Å². The molecule has 0 unspecified atom stereocenters. The van der Waals surface area contributed by atoms with Crippen molar-refractivity contribution in [2.75, 3.05) is 4.90 Å². The van der Waals surface area contributed by atoms with Crippen LogP contribution in [0.2, 0.25) is 0 Å². The van der Waals surface area contributed by atoms with E-state index in [9.17, 15) is 18.0 Å². The molecule has 1 heterocycles. The standard InChI is InChI=1S/C18H15F3N2OS/c1-2-15-23(14-11-7-4-8-12-14)16(24)22-17(25-15,18(19,20)21)13-9-5-3-6-10-13/h2-12H,1H3,(H,22,24)/b15-2+/t17-/m1/s1. The fraction of sp³-hybridized carbons (Fsp3) is 0.167. The van der Waals surface area contributed by atoms with E-state index in [1.807, 2.05) is 0 Å². The van der Waals surface area contributed by atoms with Crippen molar-refractivity contribution in [1.82, 2.24) is 5.32 Å². The van der Waals surface area contributed by atoms with E-state index < -0.39 is 17.1 Å². The zero-order valence-corrected chi connectivity index (χ0v) is 14.1. The van der Waals surface area contributed by atoms with Gasteiger partial charge in [-0.25, -0.2) is 4.79 Å². The Morgan fingerprint density at radius 2 is 1.60 bits per heavy atom. The minimum atomic E-state index is -4.67. The molecule has 2 aromatic carbocycles. The van der Waals surface area contributed by atoms with Crippen molar-refractivity contribution in [2.24, 2.45) is 0 Å². The fourth-order valence-electron chi connectivity index (χ4n) is 2.64. The van der Waals surface area contributed by atoms with Crippen LogP contribution < -0.4 is 10.2 Å². The molecule has 0 saturated carbocycles. The molecule has 25 heavy (non-hydrogen) atoms. The van der Waals surface area contributed by atoms with Gasteiger partial charge in [-0.05, 0) is 24.6 Å². The molecule has 3 rings (SSSR count). The average molecular weight is 364 g/mol. The van der Waals surface area contributed by atoms with Gasteiger partial charge in [0.2, 0.25) is 4.87 Å². The molecule has 1 aliphatic rings. The normalized spacial score (nSPS) is 22.8. The summed E-state index contributed by atoms with van der Waals surface area (Å²) in [7, 11) is 0. The number of nitrogens with zero attached hydrogens (tertiary/aromatic N) is 1. The molecule has 0 spiro atoms. The number of carbonyl (C=O) groups is 1. The quantitative estimate of drug-likeness (QED) is 0.792. The maximum Gasteiger partial charge on any atom is 0.425 e. The van der Waals surface area contributed by atoms with Crippen molar-refractivity contribution in [3.05, 3.63) is 77.3 Å². The Bertz CT molecular complexity index is 793. The van der Waals surface area contributed by atoms with Gasteiger partial charge < -0.3 is 5.32 Å². The SMILES string of the molecule is C/C=C1/S[C@](c2ccccc2)(C(F)(F)F)NC(=O)N1c1ccccc1. The minimum absolute atomic E-state index is 0.0205. The predicted octanol–water partition coefficient (Wildman–Crippen LogP) is 5.23. The Balaban J connectivity index is 2.10. The summed E-state index contributed by atoms with van der Waals surface area (Å²) >= 11 is 0.576. The van der Waals surface area contributed by atoms with Gasteiger partial charge in [0.15, 0.2) is 0 Å². The maximum absolute atomic E-state index is 14.0. The number of allylic oxidation sites excluding steroid dienone is 1. The van der Waals surface area contributed by atoms with Gasteiger partial charge in [-0.2, -0.15) is 13.2 Å². The average Bonchev–Trinajstić information content (AvgIpc) is 2.61. The van der Waals surface area contributed by atoms with E-state index in [2.05, 4.69) is 5.32 Å². The Morgan fingerprint density at radius 1 is 1.04 bits per heavy atom. The molecule has 1 atom stereocenters. The first-order valence-electron chi connectivity index (χ1n) is 7.54. The smallest absolute Gasteiger partial charge is 0.311 e. The van der Waals surface area contributed by atoms with Gasteiger partial charge in [0.25, 0.3) is 0 Å². The molecular formula is C18H15F3N2OS. The molecule has 0 radical (unpaired) electrons. The molecule has 2 amide bonds. The Hall–Kier alpha value is -2.41. The molecule has 1 fully saturated rings. The number of hydrogen-bond acceptors (Lipinski definition) is 2. The Labute approximate surface area is 147 Å². The summed E-state index contributed by atoms with van der Waals surface area (Å²) in [6.45, 7) is 1.61. The molecule has 1 saturated heterocycles. The van der Waals surface area contributed by atoms with E-state index in [0.29, 0.717) is 17.4 Å². The third-order valence-corrected chi connectivity index (χ3v) is 5.31. The van der Waals surface area contributed by atoms with E-state index in [1.165, 1.54) is 35.2 Å². The van der Waals surface area contributed by atoms with Gasteiger partial charge in [0.05, 0.1) is 10.7 Å². The predicted molar refractivity (Wildman–Crippen MR) is 93.0 cm³/mol. The topological polar surface area (TPSA) is 32.3 Å².